The SMILES string of the molecule is Cc1ccc(CN2CCCC(NC3CC3)C2)s1. The molecule has 1 saturated carbocycles. The summed E-state index contributed by atoms with van der Waals surface area (Å²) < 4.78 is 0. The predicted octanol–water partition coefficient (Wildman–Crippen LogP) is 2.77. The van der Waals surface area contributed by atoms with Crippen LogP contribution in [0.25, 0.3) is 0 Å². The van der Waals surface area contributed by atoms with Gasteiger partial charge in [-0.05, 0) is 51.3 Å². The quantitative estimate of drug-likeness (QED) is 0.884. The van der Waals surface area contributed by atoms with Crippen LogP contribution in [0.3, 0.4) is 0 Å². The van der Waals surface area contributed by atoms with Crippen LogP contribution in [-0.4, -0.2) is 30.1 Å². The van der Waals surface area contributed by atoms with Crippen LogP contribution < -0.4 is 5.32 Å². The molecule has 2 aliphatic rings. The van der Waals surface area contributed by atoms with Gasteiger partial charge in [-0.3, -0.25) is 4.90 Å². The molecule has 3 heteroatoms. The Labute approximate surface area is 108 Å². The van der Waals surface area contributed by atoms with E-state index < -0.39 is 0 Å². The predicted molar refractivity (Wildman–Crippen MR) is 73.5 cm³/mol. The molecule has 2 fully saturated rings. The molecule has 1 aromatic heterocycles. The lowest BCUT2D eigenvalue weighted by Crippen LogP contribution is -2.45. The smallest absolute Gasteiger partial charge is 0.0328 e. The van der Waals surface area contributed by atoms with Crippen molar-refractivity contribution < 1.29 is 0 Å². The second-order valence-corrected chi connectivity index (χ2v) is 6.90. The summed E-state index contributed by atoms with van der Waals surface area (Å²) in [4.78, 5) is 5.58. The molecule has 1 N–H and O–H groups in total. The number of thiophene rings is 1. The molecule has 3 rings (SSSR count). The highest BCUT2D eigenvalue weighted by atomic mass is 32.1. The zero-order valence-corrected chi connectivity index (χ0v) is 11.4. The van der Waals surface area contributed by atoms with Gasteiger partial charge in [-0.25, -0.2) is 0 Å². The Balaban J connectivity index is 1.52. The molecule has 0 radical (unpaired) electrons. The van der Waals surface area contributed by atoms with E-state index in [4.69, 9.17) is 0 Å². The summed E-state index contributed by atoms with van der Waals surface area (Å²) >= 11 is 1.95. The molecular weight excluding hydrogens is 228 g/mol. The van der Waals surface area contributed by atoms with Crippen LogP contribution in [0.5, 0.6) is 0 Å². The molecule has 1 aromatic rings. The molecule has 2 heterocycles. The van der Waals surface area contributed by atoms with Crippen molar-refractivity contribution in [3.63, 3.8) is 0 Å². The van der Waals surface area contributed by atoms with Crippen molar-refractivity contribution in [3.05, 3.63) is 21.9 Å². The van der Waals surface area contributed by atoms with Gasteiger partial charge < -0.3 is 5.32 Å². The van der Waals surface area contributed by atoms with Crippen LogP contribution in [0.4, 0.5) is 0 Å². The summed E-state index contributed by atoms with van der Waals surface area (Å²) in [6.07, 6.45) is 5.53. The van der Waals surface area contributed by atoms with Crippen molar-refractivity contribution in [3.8, 4) is 0 Å². The van der Waals surface area contributed by atoms with E-state index in [2.05, 4.69) is 29.3 Å². The fourth-order valence-electron chi connectivity index (χ4n) is 2.71. The average Bonchev–Trinajstić information content (AvgIpc) is 3.02. The molecule has 0 spiro atoms. The molecular formula is C14H22N2S. The Hall–Kier alpha value is -0.380. The molecule has 2 nitrogen and oxygen atoms in total. The van der Waals surface area contributed by atoms with Gasteiger partial charge in [-0.2, -0.15) is 0 Å². The maximum absolute atomic E-state index is 3.78. The molecule has 0 bridgehead atoms. The first-order chi connectivity index (χ1) is 8.29. The third-order valence-corrected chi connectivity index (χ3v) is 4.72. The molecule has 1 aliphatic carbocycles. The number of hydrogen-bond donors (Lipinski definition) is 1. The van der Waals surface area contributed by atoms with Crippen molar-refractivity contribution in [2.75, 3.05) is 13.1 Å². The summed E-state index contributed by atoms with van der Waals surface area (Å²) in [5, 5.41) is 3.78. The van der Waals surface area contributed by atoms with Crippen LogP contribution in [0.1, 0.15) is 35.4 Å². The lowest BCUT2D eigenvalue weighted by Gasteiger charge is -2.33. The normalized spacial score (nSPS) is 26.3. The average molecular weight is 250 g/mol. The molecule has 1 aliphatic heterocycles. The monoisotopic (exact) mass is 250 g/mol. The highest BCUT2D eigenvalue weighted by molar-refractivity contribution is 7.11. The van der Waals surface area contributed by atoms with Gasteiger partial charge in [0.25, 0.3) is 0 Å². The minimum Gasteiger partial charge on any atom is -0.310 e. The van der Waals surface area contributed by atoms with Crippen molar-refractivity contribution in [2.45, 2.75) is 51.2 Å². The number of nitrogens with zero attached hydrogens (tertiary/aromatic N) is 1. The molecule has 1 saturated heterocycles. The fraction of sp³-hybridized carbons (Fsp3) is 0.714. The molecule has 94 valence electrons. The molecule has 0 amide bonds. The van der Waals surface area contributed by atoms with E-state index in [-0.39, 0.29) is 0 Å². The second-order valence-electron chi connectivity index (χ2n) is 5.53. The van der Waals surface area contributed by atoms with Crippen LogP contribution in [-0.2, 0) is 6.54 Å². The Morgan fingerprint density at radius 2 is 2.18 bits per heavy atom. The second kappa shape index (κ2) is 5.09. The van der Waals surface area contributed by atoms with Gasteiger partial charge in [0, 0.05) is 34.9 Å². The molecule has 1 unspecified atom stereocenters. The van der Waals surface area contributed by atoms with E-state index in [1.54, 1.807) is 0 Å². The van der Waals surface area contributed by atoms with E-state index in [9.17, 15) is 0 Å². The Morgan fingerprint density at radius 3 is 2.88 bits per heavy atom. The minimum atomic E-state index is 0.748. The maximum atomic E-state index is 3.78. The highest BCUT2D eigenvalue weighted by Crippen LogP contribution is 2.23. The molecule has 17 heavy (non-hydrogen) atoms. The van der Waals surface area contributed by atoms with E-state index in [0.29, 0.717) is 0 Å². The lowest BCUT2D eigenvalue weighted by atomic mass is 10.1. The van der Waals surface area contributed by atoms with Crippen LogP contribution in [0.15, 0.2) is 12.1 Å². The van der Waals surface area contributed by atoms with Gasteiger partial charge in [-0.1, -0.05) is 0 Å². The Bertz CT molecular complexity index is 370. The van der Waals surface area contributed by atoms with Crippen LogP contribution in [0, 0.1) is 6.92 Å². The minimum absolute atomic E-state index is 0.748. The maximum Gasteiger partial charge on any atom is 0.0328 e. The number of rotatable bonds is 4. The number of hydrogen-bond acceptors (Lipinski definition) is 3. The Morgan fingerprint density at radius 1 is 1.29 bits per heavy atom. The zero-order valence-electron chi connectivity index (χ0n) is 10.6. The van der Waals surface area contributed by atoms with Crippen LogP contribution >= 0.6 is 11.3 Å². The van der Waals surface area contributed by atoms with E-state index in [1.165, 1.54) is 48.5 Å². The van der Waals surface area contributed by atoms with Crippen molar-refractivity contribution in [1.82, 2.24) is 10.2 Å². The lowest BCUT2D eigenvalue weighted by molar-refractivity contribution is 0.184. The number of piperidine rings is 1. The molecule has 1 atom stereocenters. The first-order valence-corrected chi connectivity index (χ1v) is 7.65. The van der Waals surface area contributed by atoms with E-state index >= 15 is 0 Å². The molecule has 0 aromatic carbocycles. The largest absolute Gasteiger partial charge is 0.310 e. The highest BCUT2D eigenvalue weighted by Gasteiger charge is 2.27. The van der Waals surface area contributed by atoms with Gasteiger partial charge in [0.1, 0.15) is 0 Å². The third kappa shape index (κ3) is 3.30. The fourth-order valence-corrected chi connectivity index (χ4v) is 3.64. The van der Waals surface area contributed by atoms with Gasteiger partial charge in [-0.15, -0.1) is 11.3 Å². The van der Waals surface area contributed by atoms with Gasteiger partial charge in [0.15, 0.2) is 0 Å². The summed E-state index contributed by atoms with van der Waals surface area (Å²) in [7, 11) is 0. The van der Waals surface area contributed by atoms with Gasteiger partial charge in [0.2, 0.25) is 0 Å². The number of nitrogens with one attached hydrogen (secondary N) is 1. The van der Waals surface area contributed by atoms with Crippen molar-refractivity contribution >= 4 is 11.3 Å². The van der Waals surface area contributed by atoms with Gasteiger partial charge in [0.05, 0.1) is 0 Å². The summed E-state index contributed by atoms with van der Waals surface area (Å²) in [5.41, 5.74) is 0. The summed E-state index contributed by atoms with van der Waals surface area (Å²) in [5.74, 6) is 0. The van der Waals surface area contributed by atoms with E-state index in [1.807, 2.05) is 11.3 Å². The third-order valence-electron chi connectivity index (χ3n) is 3.73. The topological polar surface area (TPSA) is 15.3 Å². The van der Waals surface area contributed by atoms with Crippen molar-refractivity contribution in [1.29, 1.82) is 0 Å². The first kappa shape index (κ1) is 11.7. The van der Waals surface area contributed by atoms with Crippen LogP contribution in [0.2, 0.25) is 0 Å². The zero-order chi connectivity index (χ0) is 11.7. The van der Waals surface area contributed by atoms with Gasteiger partial charge >= 0.3 is 0 Å². The summed E-state index contributed by atoms with van der Waals surface area (Å²) in [6, 6.07) is 6.13. The number of aryl methyl sites for hydroxylation is 1. The standard InChI is InChI=1S/C14H22N2S/c1-11-4-7-14(17-11)10-16-8-2-3-13(9-16)15-12-5-6-12/h4,7,12-13,15H,2-3,5-6,8-10H2,1H3. The van der Waals surface area contributed by atoms with E-state index in [0.717, 1.165) is 18.6 Å². The summed E-state index contributed by atoms with van der Waals surface area (Å²) in [6.45, 7) is 5.87. The first-order valence-electron chi connectivity index (χ1n) is 6.83. The number of likely N-dealkylation sites (tertiary alicyclic amines) is 1. The Kier molecular flexibility index (Phi) is 3.50. The van der Waals surface area contributed by atoms with Crippen molar-refractivity contribution in [2.24, 2.45) is 0 Å².